The number of hydrogen-bond acceptors (Lipinski definition) is 3. The number of hydrogen-bond donors (Lipinski definition) is 1. The van der Waals surface area contributed by atoms with E-state index in [1.807, 2.05) is 7.05 Å². The van der Waals surface area contributed by atoms with E-state index in [1.54, 1.807) is 13.8 Å². The lowest BCUT2D eigenvalue weighted by Crippen LogP contribution is -2.28. The average Bonchev–Trinajstić information content (AvgIpc) is 2.77. The molecule has 0 saturated heterocycles. The molecule has 0 radical (unpaired) electrons. The van der Waals surface area contributed by atoms with Gasteiger partial charge in [-0.25, -0.2) is 8.42 Å². The van der Waals surface area contributed by atoms with Gasteiger partial charge in [0.15, 0.2) is 9.84 Å². The zero-order valence-corrected chi connectivity index (χ0v) is 12.2. The van der Waals surface area contributed by atoms with Crippen LogP contribution < -0.4 is 5.32 Å². The van der Waals surface area contributed by atoms with Gasteiger partial charge in [-0.2, -0.15) is 0 Å². The topological polar surface area (TPSA) is 46.2 Å². The van der Waals surface area contributed by atoms with Gasteiger partial charge in [-0.3, -0.25) is 0 Å². The summed E-state index contributed by atoms with van der Waals surface area (Å²) < 4.78 is 23.7. The zero-order chi connectivity index (χ0) is 12.9. The zero-order valence-electron chi connectivity index (χ0n) is 11.4. The lowest BCUT2D eigenvalue weighted by Gasteiger charge is -2.23. The van der Waals surface area contributed by atoms with Gasteiger partial charge in [-0.1, -0.05) is 25.7 Å². The van der Waals surface area contributed by atoms with Crippen LogP contribution in [0.2, 0.25) is 0 Å². The maximum atomic E-state index is 11.8. The van der Waals surface area contributed by atoms with E-state index in [4.69, 9.17) is 0 Å². The highest BCUT2D eigenvalue weighted by Crippen LogP contribution is 2.33. The molecule has 1 rings (SSSR count). The molecule has 4 heteroatoms. The van der Waals surface area contributed by atoms with Crippen molar-refractivity contribution in [2.75, 3.05) is 19.3 Å². The Hall–Kier alpha value is -0.0900. The Kier molecular flexibility index (Phi) is 5.93. The fourth-order valence-corrected chi connectivity index (χ4v) is 3.85. The van der Waals surface area contributed by atoms with Crippen LogP contribution in [0.1, 0.15) is 46.0 Å². The van der Waals surface area contributed by atoms with Gasteiger partial charge in [0.25, 0.3) is 0 Å². The third-order valence-corrected chi connectivity index (χ3v) is 6.27. The normalized spacial score (nSPS) is 20.0. The van der Waals surface area contributed by atoms with Crippen molar-refractivity contribution in [3.8, 4) is 0 Å². The molecule has 0 aromatic carbocycles. The third-order valence-electron chi connectivity index (χ3n) is 4.02. The molecule has 0 bridgehead atoms. The van der Waals surface area contributed by atoms with Crippen LogP contribution in [-0.2, 0) is 9.84 Å². The average molecular weight is 261 g/mol. The molecule has 1 unspecified atom stereocenters. The van der Waals surface area contributed by atoms with Gasteiger partial charge < -0.3 is 5.32 Å². The number of nitrogens with one attached hydrogen (secondary N) is 1. The van der Waals surface area contributed by atoms with Crippen molar-refractivity contribution in [2.24, 2.45) is 11.8 Å². The van der Waals surface area contributed by atoms with E-state index in [0.29, 0.717) is 11.7 Å². The van der Waals surface area contributed by atoms with Gasteiger partial charge in [-0.15, -0.1) is 0 Å². The summed E-state index contributed by atoms with van der Waals surface area (Å²) >= 11 is 0. The van der Waals surface area contributed by atoms with Crippen LogP contribution >= 0.6 is 0 Å². The van der Waals surface area contributed by atoms with Gasteiger partial charge in [0, 0.05) is 0 Å². The van der Waals surface area contributed by atoms with Crippen LogP contribution in [0.25, 0.3) is 0 Å². The highest BCUT2D eigenvalue weighted by atomic mass is 32.2. The molecule has 17 heavy (non-hydrogen) atoms. The van der Waals surface area contributed by atoms with Gasteiger partial charge in [-0.05, 0) is 45.7 Å². The second kappa shape index (κ2) is 6.74. The predicted octanol–water partition coefficient (Wildman–Crippen LogP) is 2.23. The molecule has 102 valence electrons. The largest absolute Gasteiger partial charge is 0.319 e. The van der Waals surface area contributed by atoms with Gasteiger partial charge in [0.2, 0.25) is 0 Å². The SMILES string of the molecule is CNCC(CCS(=O)(=O)C(C)C)C1CCCC1. The first kappa shape index (κ1) is 15.0. The second-order valence-corrected chi connectivity index (χ2v) is 8.24. The lowest BCUT2D eigenvalue weighted by molar-refractivity contribution is 0.321. The Morgan fingerprint density at radius 2 is 1.82 bits per heavy atom. The molecule has 0 aliphatic heterocycles. The Bertz CT molecular complexity index is 305. The molecule has 3 nitrogen and oxygen atoms in total. The van der Waals surface area contributed by atoms with Crippen LogP contribution in [-0.4, -0.2) is 33.0 Å². The van der Waals surface area contributed by atoms with E-state index in [1.165, 1.54) is 25.7 Å². The van der Waals surface area contributed by atoms with E-state index in [0.717, 1.165) is 18.9 Å². The van der Waals surface area contributed by atoms with E-state index in [-0.39, 0.29) is 5.25 Å². The molecule has 1 aliphatic rings. The first-order valence-corrected chi connectivity index (χ1v) is 8.55. The first-order valence-electron chi connectivity index (χ1n) is 6.83. The monoisotopic (exact) mass is 261 g/mol. The van der Waals surface area contributed by atoms with Crippen LogP contribution in [0.4, 0.5) is 0 Å². The molecule has 1 fully saturated rings. The molecule has 1 atom stereocenters. The Labute approximate surface area is 106 Å². The van der Waals surface area contributed by atoms with Crippen molar-refractivity contribution in [3.63, 3.8) is 0 Å². The quantitative estimate of drug-likeness (QED) is 0.764. The minimum absolute atomic E-state index is 0.235. The van der Waals surface area contributed by atoms with Crippen molar-refractivity contribution in [2.45, 2.75) is 51.2 Å². The fraction of sp³-hybridized carbons (Fsp3) is 1.00. The summed E-state index contributed by atoms with van der Waals surface area (Å²) in [5, 5.41) is 2.98. The Morgan fingerprint density at radius 3 is 2.29 bits per heavy atom. The predicted molar refractivity (Wildman–Crippen MR) is 72.9 cm³/mol. The highest BCUT2D eigenvalue weighted by Gasteiger charge is 2.26. The van der Waals surface area contributed by atoms with E-state index in [9.17, 15) is 8.42 Å². The molecule has 0 amide bonds. The molecule has 1 aliphatic carbocycles. The fourth-order valence-electron chi connectivity index (χ4n) is 2.75. The molecule has 0 aromatic rings. The summed E-state index contributed by atoms with van der Waals surface area (Å²) in [7, 11) is -0.912. The maximum Gasteiger partial charge on any atom is 0.152 e. The van der Waals surface area contributed by atoms with Crippen LogP contribution in [0.15, 0.2) is 0 Å². The molecular formula is C13H27NO2S. The third kappa shape index (κ3) is 4.59. The summed E-state index contributed by atoms with van der Waals surface area (Å²) in [4.78, 5) is 0. The summed E-state index contributed by atoms with van der Waals surface area (Å²) in [5.74, 6) is 1.63. The van der Waals surface area contributed by atoms with Gasteiger partial charge >= 0.3 is 0 Å². The molecule has 0 heterocycles. The lowest BCUT2D eigenvalue weighted by atomic mass is 9.89. The minimum atomic E-state index is -2.87. The molecular weight excluding hydrogens is 234 g/mol. The van der Waals surface area contributed by atoms with Crippen LogP contribution in [0.5, 0.6) is 0 Å². The van der Waals surface area contributed by atoms with Crippen molar-refractivity contribution in [3.05, 3.63) is 0 Å². The van der Waals surface area contributed by atoms with Gasteiger partial charge in [0.1, 0.15) is 0 Å². The highest BCUT2D eigenvalue weighted by molar-refractivity contribution is 7.91. The Morgan fingerprint density at radius 1 is 1.24 bits per heavy atom. The minimum Gasteiger partial charge on any atom is -0.319 e. The first-order chi connectivity index (χ1) is 7.97. The van der Waals surface area contributed by atoms with E-state index < -0.39 is 9.84 Å². The smallest absolute Gasteiger partial charge is 0.152 e. The van der Waals surface area contributed by atoms with Crippen LogP contribution in [0, 0.1) is 11.8 Å². The summed E-state index contributed by atoms with van der Waals surface area (Å²) in [6, 6.07) is 0. The van der Waals surface area contributed by atoms with Crippen molar-refractivity contribution >= 4 is 9.84 Å². The number of sulfone groups is 1. The van der Waals surface area contributed by atoms with Crippen LogP contribution in [0.3, 0.4) is 0 Å². The summed E-state index contributed by atoms with van der Waals surface area (Å²) in [6.07, 6.45) is 6.04. The molecule has 1 N–H and O–H groups in total. The van der Waals surface area contributed by atoms with E-state index in [2.05, 4.69) is 5.32 Å². The second-order valence-electron chi connectivity index (χ2n) is 5.57. The molecule has 1 saturated carbocycles. The molecule has 0 spiro atoms. The molecule has 0 aromatic heterocycles. The number of rotatable bonds is 7. The van der Waals surface area contributed by atoms with E-state index >= 15 is 0 Å². The summed E-state index contributed by atoms with van der Waals surface area (Å²) in [5.41, 5.74) is 0. The maximum absolute atomic E-state index is 11.8. The Balaban J connectivity index is 2.49. The summed E-state index contributed by atoms with van der Waals surface area (Å²) in [6.45, 7) is 4.51. The van der Waals surface area contributed by atoms with Crippen molar-refractivity contribution < 1.29 is 8.42 Å². The van der Waals surface area contributed by atoms with Gasteiger partial charge in [0.05, 0.1) is 11.0 Å². The van der Waals surface area contributed by atoms with Crippen molar-refractivity contribution in [1.82, 2.24) is 5.32 Å². The van der Waals surface area contributed by atoms with Crippen molar-refractivity contribution in [1.29, 1.82) is 0 Å². The standard InChI is InChI=1S/C13H27NO2S/c1-11(2)17(15,16)9-8-13(10-14-3)12-6-4-5-7-12/h11-14H,4-10H2,1-3H3.